The van der Waals surface area contributed by atoms with Crippen LogP contribution in [0.3, 0.4) is 0 Å². The summed E-state index contributed by atoms with van der Waals surface area (Å²) in [7, 11) is 0. The van der Waals surface area contributed by atoms with E-state index in [4.69, 9.17) is 11.6 Å². The van der Waals surface area contributed by atoms with Crippen molar-refractivity contribution in [3.63, 3.8) is 0 Å². The molecule has 1 N–H and O–H groups in total. The third kappa shape index (κ3) is 3.39. The van der Waals surface area contributed by atoms with Crippen molar-refractivity contribution in [2.45, 2.75) is 32.2 Å². The summed E-state index contributed by atoms with van der Waals surface area (Å²) in [4.78, 5) is 14.1. The number of likely N-dealkylation sites (tertiary alicyclic amines) is 1. The predicted octanol–water partition coefficient (Wildman–Crippen LogP) is 3.15. The SMILES string of the molecule is CC1CCCCN1C(=O)CNc1ccc(Cl)cc1. The molecule has 4 heteroatoms. The van der Waals surface area contributed by atoms with Gasteiger partial charge in [-0.3, -0.25) is 4.79 Å². The van der Waals surface area contributed by atoms with Gasteiger partial charge >= 0.3 is 0 Å². The van der Waals surface area contributed by atoms with Crippen LogP contribution < -0.4 is 5.32 Å². The molecule has 1 atom stereocenters. The van der Waals surface area contributed by atoms with Crippen LogP contribution >= 0.6 is 11.6 Å². The summed E-state index contributed by atoms with van der Waals surface area (Å²) >= 11 is 5.81. The molecular weight excluding hydrogens is 248 g/mol. The van der Waals surface area contributed by atoms with Gasteiger partial charge in [-0.05, 0) is 50.5 Å². The van der Waals surface area contributed by atoms with Crippen molar-refractivity contribution in [3.8, 4) is 0 Å². The molecule has 0 aromatic heterocycles. The molecule has 1 amide bonds. The van der Waals surface area contributed by atoms with Gasteiger partial charge in [-0.1, -0.05) is 11.6 Å². The van der Waals surface area contributed by atoms with Crippen LogP contribution in [0.25, 0.3) is 0 Å². The highest BCUT2D eigenvalue weighted by Gasteiger charge is 2.22. The van der Waals surface area contributed by atoms with Crippen LogP contribution in [0.5, 0.6) is 0 Å². The van der Waals surface area contributed by atoms with Crippen LogP contribution in [0.1, 0.15) is 26.2 Å². The molecule has 2 rings (SSSR count). The van der Waals surface area contributed by atoms with Gasteiger partial charge in [0, 0.05) is 23.3 Å². The Kier molecular flexibility index (Phi) is 4.48. The number of piperidine rings is 1. The Morgan fingerprint density at radius 1 is 1.39 bits per heavy atom. The molecule has 18 heavy (non-hydrogen) atoms. The normalized spacial score (nSPS) is 19.7. The number of rotatable bonds is 3. The molecule has 0 spiro atoms. The van der Waals surface area contributed by atoms with Crippen molar-refractivity contribution in [2.75, 3.05) is 18.4 Å². The number of anilines is 1. The van der Waals surface area contributed by atoms with E-state index in [0.717, 1.165) is 25.1 Å². The Balaban J connectivity index is 1.85. The molecular formula is C14H19ClN2O. The average molecular weight is 267 g/mol. The van der Waals surface area contributed by atoms with E-state index >= 15 is 0 Å². The maximum Gasteiger partial charge on any atom is 0.242 e. The van der Waals surface area contributed by atoms with E-state index in [-0.39, 0.29) is 5.91 Å². The monoisotopic (exact) mass is 266 g/mol. The number of carbonyl (C=O) groups is 1. The molecule has 1 saturated heterocycles. The minimum Gasteiger partial charge on any atom is -0.376 e. The van der Waals surface area contributed by atoms with Gasteiger partial charge in [0.05, 0.1) is 6.54 Å². The molecule has 1 heterocycles. The zero-order chi connectivity index (χ0) is 13.0. The Bertz CT molecular complexity index is 405. The molecule has 1 aromatic rings. The van der Waals surface area contributed by atoms with Gasteiger partial charge in [-0.15, -0.1) is 0 Å². The standard InChI is InChI=1S/C14H19ClN2O/c1-11-4-2-3-9-17(11)14(18)10-16-13-7-5-12(15)6-8-13/h5-8,11,16H,2-4,9-10H2,1H3. The van der Waals surface area contributed by atoms with E-state index in [0.29, 0.717) is 17.6 Å². The topological polar surface area (TPSA) is 32.3 Å². The highest BCUT2D eigenvalue weighted by Crippen LogP contribution is 2.17. The van der Waals surface area contributed by atoms with E-state index in [2.05, 4.69) is 12.2 Å². The Labute approximate surface area is 113 Å². The van der Waals surface area contributed by atoms with Gasteiger partial charge in [-0.2, -0.15) is 0 Å². The smallest absolute Gasteiger partial charge is 0.242 e. The van der Waals surface area contributed by atoms with Crippen molar-refractivity contribution in [3.05, 3.63) is 29.3 Å². The fourth-order valence-corrected chi connectivity index (χ4v) is 2.44. The Morgan fingerprint density at radius 3 is 2.78 bits per heavy atom. The largest absolute Gasteiger partial charge is 0.376 e. The molecule has 1 aliphatic heterocycles. The van der Waals surface area contributed by atoms with Crippen LogP contribution in [0, 0.1) is 0 Å². The van der Waals surface area contributed by atoms with Crippen LogP contribution in [0.15, 0.2) is 24.3 Å². The first-order chi connectivity index (χ1) is 8.66. The average Bonchev–Trinajstić information content (AvgIpc) is 2.38. The van der Waals surface area contributed by atoms with Gasteiger partial charge in [-0.25, -0.2) is 0 Å². The third-order valence-corrected chi connectivity index (χ3v) is 3.66. The summed E-state index contributed by atoms with van der Waals surface area (Å²) in [5, 5.41) is 3.84. The summed E-state index contributed by atoms with van der Waals surface area (Å²) < 4.78 is 0. The fraction of sp³-hybridized carbons (Fsp3) is 0.500. The fourth-order valence-electron chi connectivity index (χ4n) is 2.32. The highest BCUT2D eigenvalue weighted by molar-refractivity contribution is 6.30. The van der Waals surface area contributed by atoms with Crippen molar-refractivity contribution in [2.24, 2.45) is 0 Å². The number of halogens is 1. The van der Waals surface area contributed by atoms with Gasteiger partial charge in [0.1, 0.15) is 0 Å². The number of hydrogen-bond acceptors (Lipinski definition) is 2. The van der Waals surface area contributed by atoms with Crippen LogP contribution in [0.4, 0.5) is 5.69 Å². The third-order valence-electron chi connectivity index (χ3n) is 3.41. The molecule has 1 fully saturated rings. The number of nitrogens with zero attached hydrogens (tertiary/aromatic N) is 1. The van der Waals surface area contributed by atoms with Crippen LogP contribution in [-0.4, -0.2) is 29.9 Å². The molecule has 0 aliphatic carbocycles. The number of amides is 1. The number of nitrogens with one attached hydrogen (secondary N) is 1. The highest BCUT2D eigenvalue weighted by atomic mass is 35.5. The van der Waals surface area contributed by atoms with Gasteiger partial charge in [0.15, 0.2) is 0 Å². The second-order valence-electron chi connectivity index (χ2n) is 4.79. The number of carbonyl (C=O) groups excluding carboxylic acids is 1. The van der Waals surface area contributed by atoms with E-state index in [1.165, 1.54) is 6.42 Å². The second kappa shape index (κ2) is 6.10. The number of hydrogen-bond donors (Lipinski definition) is 1. The predicted molar refractivity (Wildman–Crippen MR) is 75.0 cm³/mol. The minimum absolute atomic E-state index is 0.178. The first-order valence-corrected chi connectivity index (χ1v) is 6.83. The van der Waals surface area contributed by atoms with Crippen LogP contribution in [-0.2, 0) is 4.79 Å². The first-order valence-electron chi connectivity index (χ1n) is 6.46. The summed E-state index contributed by atoms with van der Waals surface area (Å²) in [5.41, 5.74) is 0.928. The molecule has 0 bridgehead atoms. The lowest BCUT2D eigenvalue weighted by Crippen LogP contribution is -2.44. The van der Waals surface area contributed by atoms with Crippen molar-refractivity contribution in [1.82, 2.24) is 4.90 Å². The molecule has 1 aromatic carbocycles. The molecule has 0 radical (unpaired) electrons. The lowest BCUT2D eigenvalue weighted by atomic mass is 10.0. The molecule has 98 valence electrons. The van der Waals surface area contributed by atoms with Crippen molar-refractivity contribution >= 4 is 23.2 Å². The number of benzene rings is 1. The molecule has 0 saturated carbocycles. The summed E-state index contributed by atoms with van der Waals surface area (Å²) in [5.74, 6) is 0.178. The quantitative estimate of drug-likeness (QED) is 0.912. The first kappa shape index (κ1) is 13.2. The summed E-state index contributed by atoms with van der Waals surface area (Å²) in [6.07, 6.45) is 3.47. The maximum atomic E-state index is 12.1. The van der Waals surface area contributed by atoms with E-state index in [1.54, 1.807) is 0 Å². The molecule has 1 unspecified atom stereocenters. The molecule has 3 nitrogen and oxygen atoms in total. The lowest BCUT2D eigenvalue weighted by molar-refractivity contribution is -0.132. The molecule has 1 aliphatic rings. The lowest BCUT2D eigenvalue weighted by Gasteiger charge is -2.33. The zero-order valence-corrected chi connectivity index (χ0v) is 11.4. The van der Waals surface area contributed by atoms with Gasteiger partial charge in [0.25, 0.3) is 0 Å². The maximum absolute atomic E-state index is 12.1. The summed E-state index contributed by atoms with van der Waals surface area (Å²) in [6.45, 7) is 3.37. The van der Waals surface area contributed by atoms with Gasteiger partial charge < -0.3 is 10.2 Å². The van der Waals surface area contributed by atoms with Crippen molar-refractivity contribution in [1.29, 1.82) is 0 Å². The van der Waals surface area contributed by atoms with Crippen LogP contribution in [0.2, 0.25) is 5.02 Å². The second-order valence-corrected chi connectivity index (χ2v) is 5.23. The van der Waals surface area contributed by atoms with Gasteiger partial charge in [0.2, 0.25) is 5.91 Å². The zero-order valence-electron chi connectivity index (χ0n) is 10.7. The summed E-state index contributed by atoms with van der Waals surface area (Å²) in [6, 6.07) is 7.78. The van der Waals surface area contributed by atoms with E-state index in [1.807, 2.05) is 29.2 Å². The Hall–Kier alpha value is -1.22. The van der Waals surface area contributed by atoms with E-state index in [9.17, 15) is 4.79 Å². The minimum atomic E-state index is 0.178. The Morgan fingerprint density at radius 2 is 2.11 bits per heavy atom. The van der Waals surface area contributed by atoms with E-state index < -0.39 is 0 Å². The van der Waals surface area contributed by atoms with Crippen molar-refractivity contribution < 1.29 is 4.79 Å².